The molecule has 0 saturated heterocycles. The van der Waals surface area contributed by atoms with Gasteiger partial charge in [0.25, 0.3) is 15.9 Å². The van der Waals surface area contributed by atoms with E-state index < -0.39 is 10.0 Å². The zero-order valence-electron chi connectivity index (χ0n) is 15.5. The van der Waals surface area contributed by atoms with Crippen molar-refractivity contribution < 1.29 is 13.2 Å². The second-order valence-electron chi connectivity index (χ2n) is 7.27. The molecule has 0 aliphatic heterocycles. The van der Waals surface area contributed by atoms with Crippen LogP contribution < -0.4 is 4.72 Å². The quantitative estimate of drug-likeness (QED) is 0.847. The van der Waals surface area contributed by atoms with Crippen molar-refractivity contribution in [3.8, 4) is 0 Å². The first kappa shape index (κ1) is 20.3. The second kappa shape index (κ2) is 7.29. The van der Waals surface area contributed by atoms with Crippen molar-refractivity contribution in [1.29, 1.82) is 0 Å². The number of amides is 1. The molecule has 2 aromatic rings. The molecule has 0 unspecified atom stereocenters. The maximum Gasteiger partial charge on any atom is 0.261 e. The van der Waals surface area contributed by atoms with E-state index in [0.717, 1.165) is 5.56 Å². The van der Waals surface area contributed by atoms with Crippen molar-refractivity contribution in [3.05, 3.63) is 58.6 Å². The van der Waals surface area contributed by atoms with Crippen LogP contribution >= 0.6 is 11.6 Å². The van der Waals surface area contributed by atoms with Crippen LogP contribution in [0.25, 0.3) is 0 Å². The molecule has 0 aliphatic rings. The highest BCUT2D eigenvalue weighted by molar-refractivity contribution is 7.92. The fraction of sp³-hybridized carbons (Fsp3) is 0.316. The number of halogens is 1. The topological polar surface area (TPSA) is 66.5 Å². The summed E-state index contributed by atoms with van der Waals surface area (Å²) in [6.07, 6.45) is 0. The smallest absolute Gasteiger partial charge is 0.261 e. The lowest BCUT2D eigenvalue weighted by molar-refractivity contribution is 0.0828. The zero-order valence-corrected chi connectivity index (χ0v) is 17.1. The Morgan fingerprint density at radius 2 is 1.62 bits per heavy atom. The van der Waals surface area contributed by atoms with E-state index in [-0.39, 0.29) is 21.2 Å². The van der Waals surface area contributed by atoms with Crippen LogP contribution in [0.2, 0.25) is 5.02 Å². The molecule has 0 heterocycles. The molecule has 2 aromatic carbocycles. The van der Waals surface area contributed by atoms with Crippen LogP contribution in [0.5, 0.6) is 0 Å². The van der Waals surface area contributed by atoms with Gasteiger partial charge in [-0.3, -0.25) is 9.52 Å². The van der Waals surface area contributed by atoms with Gasteiger partial charge >= 0.3 is 0 Å². The molecule has 0 aromatic heterocycles. The van der Waals surface area contributed by atoms with Gasteiger partial charge in [-0.2, -0.15) is 0 Å². The van der Waals surface area contributed by atoms with E-state index in [0.29, 0.717) is 11.3 Å². The maximum absolute atomic E-state index is 12.6. The summed E-state index contributed by atoms with van der Waals surface area (Å²) in [5.41, 5.74) is 1.60. The van der Waals surface area contributed by atoms with E-state index in [2.05, 4.69) is 25.5 Å². The molecule has 140 valence electrons. The molecule has 0 bridgehead atoms. The fourth-order valence-electron chi connectivity index (χ4n) is 2.34. The average Bonchev–Trinajstić information content (AvgIpc) is 2.53. The summed E-state index contributed by atoms with van der Waals surface area (Å²) < 4.78 is 27.6. The Balaban J connectivity index is 2.27. The first-order chi connectivity index (χ1) is 11.9. The molecule has 1 N–H and O–H groups in total. The maximum atomic E-state index is 12.6. The van der Waals surface area contributed by atoms with Crippen molar-refractivity contribution in [3.63, 3.8) is 0 Å². The number of rotatable bonds is 4. The third-order valence-corrected chi connectivity index (χ3v) is 5.60. The number of nitrogens with zero attached hydrogens (tertiary/aromatic N) is 1. The van der Waals surface area contributed by atoms with E-state index in [1.54, 1.807) is 38.4 Å². The van der Waals surface area contributed by atoms with E-state index >= 15 is 0 Å². The van der Waals surface area contributed by atoms with Crippen molar-refractivity contribution in [2.24, 2.45) is 0 Å². The fourth-order valence-corrected chi connectivity index (χ4v) is 3.65. The van der Waals surface area contributed by atoms with Crippen molar-refractivity contribution in [2.45, 2.75) is 31.1 Å². The van der Waals surface area contributed by atoms with Crippen LogP contribution in [0, 0.1) is 0 Å². The number of nitrogens with one attached hydrogen (secondary N) is 1. The van der Waals surface area contributed by atoms with Gasteiger partial charge in [0.05, 0.1) is 21.2 Å². The average molecular weight is 395 g/mol. The number of carbonyl (C=O) groups excluding carboxylic acids is 1. The molecule has 0 fully saturated rings. The molecule has 2 rings (SSSR count). The normalized spacial score (nSPS) is 11.9. The SMILES string of the molecule is CN(C)C(=O)c1ccc(NS(=O)(=O)c2ccc(C(C)(C)C)cc2)cc1Cl. The summed E-state index contributed by atoms with van der Waals surface area (Å²) in [7, 11) is -0.503. The van der Waals surface area contributed by atoms with Gasteiger partial charge in [0.2, 0.25) is 0 Å². The summed E-state index contributed by atoms with van der Waals surface area (Å²) in [5.74, 6) is -0.248. The van der Waals surface area contributed by atoms with Crippen LogP contribution in [0.15, 0.2) is 47.4 Å². The standard InChI is InChI=1S/C19H23ClN2O3S/c1-19(2,3)13-6-9-15(10-7-13)26(24,25)21-14-8-11-16(17(20)12-14)18(23)22(4)5/h6-12,21H,1-5H3. The Labute approximate surface area is 160 Å². The Hall–Kier alpha value is -2.05. The number of sulfonamides is 1. The largest absolute Gasteiger partial charge is 0.345 e. The molecule has 0 saturated carbocycles. The Bertz CT molecular complexity index is 915. The highest BCUT2D eigenvalue weighted by Crippen LogP contribution is 2.26. The molecule has 26 heavy (non-hydrogen) atoms. The molecular weight excluding hydrogens is 372 g/mol. The van der Waals surface area contributed by atoms with Crippen LogP contribution in [0.4, 0.5) is 5.69 Å². The molecule has 0 atom stereocenters. The predicted molar refractivity (Wildman–Crippen MR) is 105 cm³/mol. The summed E-state index contributed by atoms with van der Waals surface area (Å²) in [6, 6.07) is 11.2. The summed E-state index contributed by atoms with van der Waals surface area (Å²) in [5, 5.41) is 0.187. The van der Waals surface area contributed by atoms with Gasteiger partial charge < -0.3 is 4.90 Å². The monoisotopic (exact) mass is 394 g/mol. The van der Waals surface area contributed by atoms with Gasteiger partial charge in [0.1, 0.15) is 0 Å². The zero-order chi connectivity index (χ0) is 19.7. The molecule has 1 amide bonds. The van der Waals surface area contributed by atoms with E-state index in [4.69, 9.17) is 11.6 Å². The number of hydrogen-bond donors (Lipinski definition) is 1. The third kappa shape index (κ3) is 4.56. The van der Waals surface area contributed by atoms with E-state index in [1.807, 2.05) is 0 Å². The minimum absolute atomic E-state index is 0.0575. The van der Waals surface area contributed by atoms with Gasteiger partial charge in [-0.15, -0.1) is 0 Å². The van der Waals surface area contributed by atoms with Gasteiger partial charge in [0, 0.05) is 14.1 Å². The van der Waals surface area contributed by atoms with Crippen molar-refractivity contribution in [1.82, 2.24) is 4.90 Å². The Kier molecular flexibility index (Phi) is 5.68. The predicted octanol–water partition coefficient (Wildman–Crippen LogP) is 4.14. The minimum Gasteiger partial charge on any atom is -0.345 e. The molecule has 7 heteroatoms. The summed E-state index contributed by atoms with van der Waals surface area (Å²) in [4.78, 5) is 13.6. The van der Waals surface area contributed by atoms with Gasteiger partial charge in [-0.05, 0) is 41.3 Å². The number of anilines is 1. The molecule has 0 aliphatic carbocycles. The van der Waals surface area contributed by atoms with Gasteiger partial charge in [-0.1, -0.05) is 44.5 Å². The van der Waals surface area contributed by atoms with Crippen LogP contribution in [0.3, 0.4) is 0 Å². The highest BCUT2D eigenvalue weighted by atomic mass is 35.5. The van der Waals surface area contributed by atoms with E-state index in [9.17, 15) is 13.2 Å². The lowest BCUT2D eigenvalue weighted by atomic mass is 9.87. The van der Waals surface area contributed by atoms with E-state index in [1.165, 1.54) is 23.1 Å². The number of carbonyl (C=O) groups is 1. The van der Waals surface area contributed by atoms with Crippen molar-refractivity contribution >= 4 is 33.2 Å². The first-order valence-electron chi connectivity index (χ1n) is 8.06. The van der Waals surface area contributed by atoms with Crippen LogP contribution in [-0.4, -0.2) is 33.3 Å². The Morgan fingerprint density at radius 3 is 2.08 bits per heavy atom. The second-order valence-corrected chi connectivity index (χ2v) is 9.36. The summed E-state index contributed by atoms with van der Waals surface area (Å²) >= 11 is 6.13. The van der Waals surface area contributed by atoms with Crippen LogP contribution in [0.1, 0.15) is 36.7 Å². The van der Waals surface area contributed by atoms with Gasteiger partial charge in [-0.25, -0.2) is 8.42 Å². The number of benzene rings is 2. The lowest BCUT2D eigenvalue weighted by Gasteiger charge is -2.19. The minimum atomic E-state index is -3.75. The molecule has 5 nitrogen and oxygen atoms in total. The third-order valence-electron chi connectivity index (χ3n) is 3.89. The Morgan fingerprint density at radius 1 is 1.04 bits per heavy atom. The van der Waals surface area contributed by atoms with Gasteiger partial charge in [0.15, 0.2) is 0 Å². The molecule has 0 radical (unpaired) electrons. The van der Waals surface area contributed by atoms with Crippen molar-refractivity contribution in [2.75, 3.05) is 18.8 Å². The summed E-state index contributed by atoms with van der Waals surface area (Å²) in [6.45, 7) is 6.19. The van der Waals surface area contributed by atoms with Crippen LogP contribution in [-0.2, 0) is 15.4 Å². The highest BCUT2D eigenvalue weighted by Gasteiger charge is 2.19. The molecular formula is C19H23ClN2O3S. The lowest BCUT2D eigenvalue weighted by Crippen LogP contribution is -2.22. The number of hydrogen-bond acceptors (Lipinski definition) is 3. The molecule has 0 spiro atoms. The first-order valence-corrected chi connectivity index (χ1v) is 9.92.